The maximum absolute atomic E-state index is 8.18. The van der Waals surface area contributed by atoms with Gasteiger partial charge in [0.05, 0.1) is 0 Å². The largest absolute Gasteiger partial charge is 0.580 e. The third-order valence-corrected chi connectivity index (χ3v) is 13.8. The highest BCUT2D eigenvalue weighted by Crippen LogP contribution is 2.65. The monoisotopic (exact) mass is 836 g/mol. The Labute approximate surface area is 369 Å². The zero-order valence-electron chi connectivity index (χ0n) is 42.6. The Bertz CT molecular complexity index is 2010. The van der Waals surface area contributed by atoms with Crippen LogP contribution >= 0.6 is 7.94 Å². The van der Waals surface area contributed by atoms with Crippen LogP contribution in [0, 0.1) is 0 Å². The molecule has 0 atom stereocenters. The number of hydrogen-bond acceptors (Lipinski definition) is 3. The molecule has 60 heavy (non-hydrogen) atoms. The highest BCUT2D eigenvalue weighted by Gasteiger charge is 2.60. The zero-order valence-corrected chi connectivity index (χ0v) is 43.5. The summed E-state index contributed by atoms with van der Waals surface area (Å²) in [5, 5.41) is 1.01. The molecule has 0 aliphatic rings. The zero-order chi connectivity index (χ0) is 46.0. The summed E-state index contributed by atoms with van der Waals surface area (Å²) in [6, 6.07) is 27.0. The first-order valence-corrected chi connectivity index (χ1v) is 23.9. The van der Waals surface area contributed by atoms with Crippen molar-refractivity contribution in [3.63, 3.8) is 0 Å². The van der Waals surface area contributed by atoms with Gasteiger partial charge < -0.3 is 0 Å². The molecule has 0 aromatic heterocycles. The summed E-state index contributed by atoms with van der Waals surface area (Å²) < 4.78 is 24.3. The molecule has 0 unspecified atom stereocenters. The Morgan fingerprint density at radius 3 is 0.850 bits per heavy atom. The second kappa shape index (κ2) is 16.1. The molecule has 0 N–H and O–H groups in total. The molecular formula is C56H84O3P+. The molecule has 0 aliphatic carbocycles. The summed E-state index contributed by atoms with van der Waals surface area (Å²) in [6.07, 6.45) is 0. The lowest BCUT2D eigenvalue weighted by atomic mass is 9.79. The fourth-order valence-corrected chi connectivity index (χ4v) is 10.8. The van der Waals surface area contributed by atoms with Crippen LogP contribution < -0.4 is 18.9 Å². The summed E-state index contributed by atoms with van der Waals surface area (Å²) in [5.41, 5.74) is 7.60. The molecule has 0 radical (unpaired) electrons. The van der Waals surface area contributed by atoms with Crippen LogP contribution in [0.2, 0.25) is 0 Å². The average molecular weight is 836 g/mol. The average Bonchev–Trinajstić information content (AvgIpc) is 3.04. The van der Waals surface area contributed by atoms with Gasteiger partial charge in [0.1, 0.15) is 0 Å². The van der Waals surface area contributed by atoms with E-state index in [1.807, 2.05) is 0 Å². The maximum Gasteiger partial charge on any atom is 0.580 e. The van der Waals surface area contributed by atoms with Crippen molar-refractivity contribution in [3.05, 3.63) is 117 Å². The molecule has 330 valence electrons. The van der Waals surface area contributed by atoms with Crippen LogP contribution in [0.15, 0.2) is 72.8 Å². The van der Waals surface area contributed by atoms with Gasteiger partial charge in [-0.25, -0.2) is 0 Å². The van der Waals surface area contributed by atoms with Gasteiger partial charge in [0.15, 0.2) is 17.2 Å². The third-order valence-electron chi connectivity index (χ3n) is 11.5. The molecule has 0 saturated heterocycles. The van der Waals surface area contributed by atoms with Crippen molar-refractivity contribution in [3.8, 4) is 17.2 Å². The van der Waals surface area contributed by atoms with Crippen LogP contribution in [0.25, 0.3) is 0 Å². The van der Waals surface area contributed by atoms with Gasteiger partial charge >= 0.3 is 7.94 Å². The van der Waals surface area contributed by atoms with E-state index in [4.69, 9.17) is 13.6 Å². The van der Waals surface area contributed by atoms with E-state index in [9.17, 15) is 0 Å². The van der Waals surface area contributed by atoms with Crippen molar-refractivity contribution in [2.24, 2.45) is 0 Å². The molecule has 4 heteroatoms. The lowest BCUT2D eigenvalue weighted by Crippen LogP contribution is -2.39. The molecule has 4 aromatic carbocycles. The van der Waals surface area contributed by atoms with Crippen LogP contribution in [0.1, 0.15) is 211 Å². The minimum atomic E-state index is -3.78. The van der Waals surface area contributed by atoms with Crippen LogP contribution in [-0.2, 0) is 43.3 Å². The van der Waals surface area contributed by atoms with Crippen LogP contribution in [0.4, 0.5) is 0 Å². The van der Waals surface area contributed by atoms with E-state index < -0.39 is 7.94 Å². The first-order valence-electron chi connectivity index (χ1n) is 22.3. The number of hydrogen-bond donors (Lipinski definition) is 0. The third kappa shape index (κ3) is 11.0. The van der Waals surface area contributed by atoms with Crippen LogP contribution in [-0.4, -0.2) is 0 Å². The van der Waals surface area contributed by atoms with Gasteiger partial charge in [-0.3, -0.25) is 13.6 Å². The molecule has 0 spiro atoms. The Balaban J connectivity index is 2.42. The fraction of sp³-hybridized carbons (Fsp3) is 0.571. The van der Waals surface area contributed by atoms with Crippen molar-refractivity contribution in [1.29, 1.82) is 0 Å². The smallest absolute Gasteiger partial charge is 0.267 e. The molecule has 0 amide bonds. The molecule has 0 bridgehead atoms. The number of para-hydroxylation sites is 1. The predicted molar refractivity (Wildman–Crippen MR) is 264 cm³/mol. The standard InChI is InChI=1S/C56H84O3P/c1-49(2,3)37-31-33-45(43(35-37)55(19,20)21)57-60(48-41(53(13,14)15)29-26-30-42(48)54(16,17)18,58-46-34-32-38(50(4,5)6)36-44(46)56(22,23)24)59-47-39(51(7,8)9)27-25-28-40(47)52(10,11)12/h25-36H,1-24H3/q+1. The van der Waals surface area contributed by atoms with Crippen molar-refractivity contribution in [2.75, 3.05) is 0 Å². The normalized spacial score (nSPS) is 14.0. The highest BCUT2D eigenvalue weighted by atomic mass is 31.2. The summed E-state index contributed by atoms with van der Waals surface area (Å²) >= 11 is 0. The first kappa shape index (κ1) is 49.4. The van der Waals surface area contributed by atoms with E-state index >= 15 is 0 Å². The van der Waals surface area contributed by atoms with Crippen LogP contribution in [0.3, 0.4) is 0 Å². The van der Waals surface area contributed by atoms with Gasteiger partial charge in [-0.1, -0.05) is 227 Å². The highest BCUT2D eigenvalue weighted by molar-refractivity contribution is 7.70. The molecular weight excluding hydrogens is 752 g/mol. The predicted octanol–water partition coefficient (Wildman–Crippen LogP) is 16.7. The van der Waals surface area contributed by atoms with Crippen molar-refractivity contribution < 1.29 is 13.6 Å². The summed E-state index contributed by atoms with van der Waals surface area (Å²) in [5.74, 6) is 2.39. The maximum atomic E-state index is 8.18. The van der Waals surface area contributed by atoms with E-state index in [1.165, 1.54) is 11.1 Å². The SMILES string of the molecule is CC(C)(C)c1ccc(O[P+](Oc2ccc(C(C)(C)C)cc2C(C)(C)C)(Oc2c(C(C)(C)C)cccc2C(C)(C)C)c2c(C(C)(C)C)cccc2C(C)(C)C)c(C(C)(C)C)c1. The Hall–Kier alpha value is -3.29. The van der Waals surface area contributed by atoms with Gasteiger partial charge in [-0.15, -0.1) is 0 Å². The second-order valence-corrected chi connectivity index (χ2v) is 27.6. The molecule has 4 rings (SSSR count). The van der Waals surface area contributed by atoms with Gasteiger partial charge in [0, 0.05) is 33.4 Å². The minimum absolute atomic E-state index is 0.0559. The summed E-state index contributed by atoms with van der Waals surface area (Å²) in [7, 11) is -3.78. The Morgan fingerprint density at radius 2 is 0.583 bits per heavy atom. The molecule has 3 nitrogen and oxygen atoms in total. The molecule has 0 saturated carbocycles. The Kier molecular flexibility index (Phi) is 13.3. The van der Waals surface area contributed by atoms with Gasteiger partial charge in [0.2, 0.25) is 5.30 Å². The van der Waals surface area contributed by atoms with Crippen molar-refractivity contribution in [2.45, 2.75) is 209 Å². The van der Waals surface area contributed by atoms with E-state index in [0.717, 1.165) is 55.9 Å². The topological polar surface area (TPSA) is 27.7 Å². The first-order chi connectivity index (χ1) is 26.8. The van der Waals surface area contributed by atoms with Crippen molar-refractivity contribution in [1.82, 2.24) is 0 Å². The van der Waals surface area contributed by atoms with Gasteiger partial charge in [-0.05, 0) is 66.6 Å². The summed E-state index contributed by atoms with van der Waals surface area (Å²) in [6.45, 7) is 54.8. The Morgan fingerprint density at radius 1 is 0.300 bits per heavy atom. The molecule has 0 aliphatic heterocycles. The quantitative estimate of drug-likeness (QED) is 0.174. The van der Waals surface area contributed by atoms with E-state index in [-0.39, 0.29) is 43.3 Å². The summed E-state index contributed by atoms with van der Waals surface area (Å²) in [4.78, 5) is 0. The lowest BCUT2D eigenvalue weighted by Gasteiger charge is -2.36. The van der Waals surface area contributed by atoms with Crippen LogP contribution in [0.5, 0.6) is 17.2 Å². The molecule has 4 aromatic rings. The van der Waals surface area contributed by atoms with E-state index in [1.54, 1.807) is 0 Å². The molecule has 0 fully saturated rings. The number of rotatable bonds is 7. The van der Waals surface area contributed by atoms with E-state index in [2.05, 4.69) is 239 Å². The minimum Gasteiger partial charge on any atom is -0.267 e. The second-order valence-electron chi connectivity index (χ2n) is 25.6. The van der Waals surface area contributed by atoms with Gasteiger partial charge in [0.25, 0.3) is 0 Å². The lowest BCUT2D eigenvalue weighted by molar-refractivity contribution is 0.348. The van der Waals surface area contributed by atoms with Gasteiger partial charge in [-0.2, -0.15) is 0 Å². The fourth-order valence-electron chi connectivity index (χ4n) is 7.76. The van der Waals surface area contributed by atoms with E-state index in [0.29, 0.717) is 0 Å². The molecule has 0 heterocycles. The number of benzene rings is 4. The van der Waals surface area contributed by atoms with Crippen molar-refractivity contribution >= 4 is 13.2 Å².